The molecule has 0 radical (unpaired) electrons. The summed E-state index contributed by atoms with van der Waals surface area (Å²) in [6.45, 7) is 0. The number of fused-ring (bicyclic) bond motifs is 15. The molecule has 0 bridgehead atoms. The van der Waals surface area contributed by atoms with Gasteiger partial charge in [-0.05, 0) is 82.6 Å². The van der Waals surface area contributed by atoms with Crippen molar-refractivity contribution >= 4 is 60.2 Å². The van der Waals surface area contributed by atoms with Crippen molar-refractivity contribution in [2.24, 2.45) is 0 Å². The first-order valence-corrected chi connectivity index (χ1v) is 14.1. The highest BCUT2D eigenvalue weighted by molar-refractivity contribution is 6.17. The molecular formula is C37H22N4. The van der Waals surface area contributed by atoms with Crippen LogP contribution in [0.2, 0.25) is 0 Å². The highest BCUT2D eigenvalue weighted by atomic mass is 15.0. The standard InChI is InChI=1S/C37H22N4/c1-2-8-23(9-3-1)40-32-12-6-4-10-25(32)28-18-22-19-29-24(27(22)20-35(28)40)14-15-26-30-21-38-17-16-33(30)41-34-13-7-5-11-31(34)39-37(41)36(26)29/h1-18,20-21H,19H2. The minimum Gasteiger partial charge on any atom is -0.309 e. The summed E-state index contributed by atoms with van der Waals surface area (Å²) >= 11 is 0. The van der Waals surface area contributed by atoms with Gasteiger partial charge in [-0.15, -0.1) is 0 Å². The van der Waals surface area contributed by atoms with Gasteiger partial charge < -0.3 is 4.57 Å². The zero-order valence-electron chi connectivity index (χ0n) is 22.0. The molecule has 4 heterocycles. The number of aromatic nitrogens is 4. The minimum atomic E-state index is 0.882. The number of hydrogen-bond acceptors (Lipinski definition) is 2. The molecule has 10 rings (SSSR count). The number of imidazole rings is 1. The van der Waals surface area contributed by atoms with E-state index in [1.165, 1.54) is 60.5 Å². The molecule has 190 valence electrons. The van der Waals surface area contributed by atoms with E-state index in [-0.39, 0.29) is 0 Å². The van der Waals surface area contributed by atoms with Crippen LogP contribution in [0.25, 0.3) is 77.0 Å². The van der Waals surface area contributed by atoms with E-state index in [0.29, 0.717) is 0 Å². The zero-order valence-corrected chi connectivity index (χ0v) is 22.0. The highest BCUT2D eigenvalue weighted by Gasteiger charge is 2.26. The molecule has 0 saturated heterocycles. The average Bonchev–Trinajstić information content (AvgIpc) is 3.69. The fraction of sp³-hybridized carbons (Fsp3) is 0.0270. The molecule has 0 spiro atoms. The van der Waals surface area contributed by atoms with Crippen molar-refractivity contribution in [1.29, 1.82) is 0 Å². The van der Waals surface area contributed by atoms with Crippen LogP contribution in [0.3, 0.4) is 0 Å². The van der Waals surface area contributed by atoms with Gasteiger partial charge in [0.25, 0.3) is 0 Å². The Kier molecular flexibility index (Phi) is 3.95. The SMILES string of the molecule is c1ccc(-n2c3ccccc3c3cc4c(cc32)-c2ccc3c5cnccc5n5c6ccccc6nc5c3c2C4)cc1. The molecule has 5 aromatic carbocycles. The van der Waals surface area contributed by atoms with Crippen LogP contribution in [0.1, 0.15) is 11.1 Å². The van der Waals surface area contributed by atoms with Gasteiger partial charge in [0.05, 0.1) is 27.6 Å². The highest BCUT2D eigenvalue weighted by Crippen LogP contribution is 2.46. The second-order valence-corrected chi connectivity index (χ2v) is 11.1. The van der Waals surface area contributed by atoms with Crippen molar-refractivity contribution in [1.82, 2.24) is 18.9 Å². The van der Waals surface area contributed by atoms with E-state index < -0.39 is 0 Å². The predicted octanol–water partition coefficient (Wildman–Crippen LogP) is 8.86. The lowest BCUT2D eigenvalue weighted by atomic mass is 9.97. The van der Waals surface area contributed by atoms with Gasteiger partial charge in [0, 0.05) is 39.6 Å². The molecule has 1 aliphatic rings. The summed E-state index contributed by atoms with van der Waals surface area (Å²) in [5.74, 6) is 0. The van der Waals surface area contributed by atoms with Crippen molar-refractivity contribution in [3.05, 3.63) is 133 Å². The van der Waals surface area contributed by atoms with Gasteiger partial charge in [0.2, 0.25) is 0 Å². The van der Waals surface area contributed by atoms with E-state index in [1.54, 1.807) is 0 Å². The van der Waals surface area contributed by atoms with Gasteiger partial charge in [-0.25, -0.2) is 4.98 Å². The van der Waals surface area contributed by atoms with Crippen LogP contribution in [-0.2, 0) is 6.42 Å². The first-order chi connectivity index (χ1) is 20.3. The molecule has 9 aromatic rings. The van der Waals surface area contributed by atoms with Gasteiger partial charge in [0.1, 0.15) is 5.65 Å². The summed E-state index contributed by atoms with van der Waals surface area (Å²) in [5.41, 5.74) is 13.3. The number of pyridine rings is 2. The normalized spacial score (nSPS) is 12.8. The van der Waals surface area contributed by atoms with Crippen LogP contribution >= 0.6 is 0 Å². The zero-order chi connectivity index (χ0) is 26.7. The summed E-state index contributed by atoms with van der Waals surface area (Å²) in [5, 5.41) is 6.19. The maximum absolute atomic E-state index is 5.21. The maximum atomic E-state index is 5.21. The lowest BCUT2D eigenvalue weighted by Crippen LogP contribution is -1.95. The second kappa shape index (κ2) is 7.58. The minimum absolute atomic E-state index is 0.882. The molecule has 0 N–H and O–H groups in total. The molecule has 0 atom stereocenters. The Morgan fingerprint density at radius 2 is 1.41 bits per heavy atom. The Bertz CT molecular complexity index is 2550. The number of benzene rings is 5. The molecule has 0 amide bonds. The predicted molar refractivity (Wildman–Crippen MR) is 168 cm³/mol. The van der Waals surface area contributed by atoms with Crippen LogP contribution in [-0.4, -0.2) is 18.9 Å². The van der Waals surface area contributed by atoms with Crippen molar-refractivity contribution in [3.8, 4) is 16.8 Å². The van der Waals surface area contributed by atoms with Crippen molar-refractivity contribution in [2.75, 3.05) is 0 Å². The number of nitrogens with zero attached hydrogens (tertiary/aromatic N) is 4. The topological polar surface area (TPSA) is 35.1 Å². The van der Waals surface area contributed by atoms with E-state index >= 15 is 0 Å². The number of hydrogen-bond donors (Lipinski definition) is 0. The molecule has 0 aliphatic heterocycles. The Balaban J connectivity index is 1.34. The van der Waals surface area contributed by atoms with Gasteiger partial charge >= 0.3 is 0 Å². The quantitative estimate of drug-likeness (QED) is 0.202. The summed E-state index contributed by atoms with van der Waals surface area (Å²) in [6, 6.07) is 39.4. The van der Waals surface area contributed by atoms with Gasteiger partial charge in [-0.2, -0.15) is 0 Å². The summed E-state index contributed by atoms with van der Waals surface area (Å²) in [6.07, 6.45) is 4.76. The van der Waals surface area contributed by atoms with Crippen molar-refractivity contribution in [2.45, 2.75) is 6.42 Å². The Morgan fingerprint density at radius 1 is 0.585 bits per heavy atom. The van der Waals surface area contributed by atoms with Gasteiger partial charge in [-0.3, -0.25) is 9.38 Å². The van der Waals surface area contributed by atoms with E-state index in [0.717, 1.165) is 34.0 Å². The molecule has 0 fully saturated rings. The average molecular weight is 523 g/mol. The molecule has 41 heavy (non-hydrogen) atoms. The number of rotatable bonds is 1. The molecule has 1 aliphatic carbocycles. The van der Waals surface area contributed by atoms with Gasteiger partial charge in [0.15, 0.2) is 0 Å². The van der Waals surface area contributed by atoms with Crippen LogP contribution in [0.15, 0.2) is 122 Å². The van der Waals surface area contributed by atoms with Crippen LogP contribution in [0.4, 0.5) is 0 Å². The monoisotopic (exact) mass is 522 g/mol. The largest absolute Gasteiger partial charge is 0.309 e. The molecule has 4 nitrogen and oxygen atoms in total. The summed E-state index contributed by atoms with van der Waals surface area (Å²) in [4.78, 5) is 9.74. The molecule has 0 unspecified atom stereocenters. The second-order valence-electron chi connectivity index (χ2n) is 11.1. The summed E-state index contributed by atoms with van der Waals surface area (Å²) in [7, 11) is 0. The third-order valence-electron chi connectivity index (χ3n) is 9.00. The first-order valence-electron chi connectivity index (χ1n) is 14.1. The first kappa shape index (κ1) is 21.4. The van der Waals surface area contributed by atoms with Gasteiger partial charge in [-0.1, -0.05) is 60.7 Å². The maximum Gasteiger partial charge on any atom is 0.146 e. The fourth-order valence-corrected chi connectivity index (χ4v) is 7.29. The third-order valence-corrected chi connectivity index (χ3v) is 9.00. The van der Waals surface area contributed by atoms with Crippen molar-refractivity contribution in [3.63, 3.8) is 0 Å². The lowest BCUT2D eigenvalue weighted by Gasteiger charge is -2.12. The van der Waals surface area contributed by atoms with E-state index in [9.17, 15) is 0 Å². The molecular weight excluding hydrogens is 500 g/mol. The Labute approximate surface area is 234 Å². The van der Waals surface area contributed by atoms with Crippen LogP contribution < -0.4 is 0 Å². The van der Waals surface area contributed by atoms with E-state index in [1.807, 2.05) is 12.4 Å². The number of para-hydroxylation sites is 4. The third kappa shape index (κ3) is 2.69. The van der Waals surface area contributed by atoms with E-state index in [4.69, 9.17) is 4.98 Å². The fourth-order valence-electron chi connectivity index (χ4n) is 7.29. The van der Waals surface area contributed by atoms with Crippen LogP contribution in [0, 0.1) is 0 Å². The van der Waals surface area contributed by atoms with Crippen LogP contribution in [0.5, 0.6) is 0 Å². The summed E-state index contributed by atoms with van der Waals surface area (Å²) < 4.78 is 4.73. The van der Waals surface area contributed by atoms with E-state index in [2.05, 4.69) is 123 Å². The van der Waals surface area contributed by atoms with Crippen molar-refractivity contribution < 1.29 is 0 Å². The molecule has 0 saturated carbocycles. The molecule has 4 aromatic heterocycles. The Morgan fingerprint density at radius 3 is 2.34 bits per heavy atom. The Hall–Kier alpha value is -5.48. The lowest BCUT2D eigenvalue weighted by molar-refractivity contribution is 1.18. The molecule has 4 heteroatoms. The smallest absolute Gasteiger partial charge is 0.146 e.